The quantitative estimate of drug-likeness (QED) is 0.499. The Balaban J connectivity index is 0. The second-order valence-electron chi connectivity index (χ2n) is 4.12. The van der Waals surface area contributed by atoms with Gasteiger partial charge in [-0.3, -0.25) is 4.21 Å². The van der Waals surface area contributed by atoms with Crippen molar-refractivity contribution >= 4 is 16.6 Å². The molecule has 0 amide bonds. The minimum Gasteiger partial charge on any atom is -0.653 e. The first-order chi connectivity index (χ1) is 9.69. The summed E-state index contributed by atoms with van der Waals surface area (Å²) in [7, 11) is -1.27. The fourth-order valence-corrected chi connectivity index (χ4v) is 2.89. The summed E-state index contributed by atoms with van der Waals surface area (Å²) in [5, 5.41) is 4.22. The van der Waals surface area contributed by atoms with Gasteiger partial charge in [0.15, 0.2) is 0 Å². The van der Waals surface area contributed by atoms with Crippen LogP contribution in [0, 0.1) is 0 Å². The van der Waals surface area contributed by atoms with Gasteiger partial charge >= 0.3 is 0 Å². The summed E-state index contributed by atoms with van der Waals surface area (Å²) in [5.74, 6) is 0.0729. The van der Waals surface area contributed by atoms with Crippen molar-refractivity contribution in [2.75, 3.05) is 12.3 Å². The van der Waals surface area contributed by atoms with Crippen LogP contribution in [0.15, 0.2) is 35.3 Å². The van der Waals surface area contributed by atoms with E-state index in [1.165, 1.54) is 0 Å². The van der Waals surface area contributed by atoms with Crippen molar-refractivity contribution in [3.8, 4) is 0 Å². The first kappa shape index (κ1) is 22.9. The number of carbonyl (C=O) groups is 1. The van der Waals surface area contributed by atoms with Crippen LogP contribution in [-0.2, 0) is 36.0 Å². The van der Waals surface area contributed by atoms with Crippen molar-refractivity contribution < 1.29 is 29.4 Å². The van der Waals surface area contributed by atoms with Gasteiger partial charge < -0.3 is 10.1 Å². The molecule has 21 heavy (non-hydrogen) atoms. The van der Waals surface area contributed by atoms with Crippen molar-refractivity contribution in [3.05, 3.63) is 40.6 Å². The van der Waals surface area contributed by atoms with Gasteiger partial charge in [-0.15, -0.1) is 6.54 Å². The SMILES string of the molecule is CC.C\C=C/C=C(\C=C/C)S(=O)CC(=O)C1CCC[N-]1.[Pd]. The molecule has 2 atom stereocenters. The van der Waals surface area contributed by atoms with Crippen LogP contribution in [0.4, 0.5) is 0 Å². The molecule has 1 fully saturated rings. The molecule has 0 aromatic heterocycles. The Morgan fingerprint density at radius 3 is 2.43 bits per heavy atom. The van der Waals surface area contributed by atoms with Gasteiger partial charge in [0.05, 0.1) is 16.6 Å². The van der Waals surface area contributed by atoms with E-state index >= 15 is 0 Å². The fraction of sp³-hybridized carbons (Fsp3) is 0.562. The van der Waals surface area contributed by atoms with E-state index in [9.17, 15) is 9.00 Å². The molecule has 1 heterocycles. The molecule has 0 aromatic rings. The third-order valence-electron chi connectivity index (χ3n) is 2.68. The van der Waals surface area contributed by atoms with Gasteiger partial charge in [0.1, 0.15) is 5.78 Å². The maximum atomic E-state index is 12.1. The van der Waals surface area contributed by atoms with Crippen LogP contribution in [0.25, 0.3) is 5.32 Å². The van der Waals surface area contributed by atoms with E-state index in [-0.39, 0.29) is 38.0 Å². The average molecular weight is 403 g/mol. The zero-order valence-electron chi connectivity index (χ0n) is 13.3. The second kappa shape index (κ2) is 14.6. The van der Waals surface area contributed by atoms with Gasteiger partial charge in [-0.05, 0) is 19.9 Å². The van der Waals surface area contributed by atoms with Crippen molar-refractivity contribution in [2.24, 2.45) is 0 Å². The third-order valence-corrected chi connectivity index (χ3v) is 4.02. The summed E-state index contributed by atoms with van der Waals surface area (Å²) in [5.41, 5.74) is 0. The molecular weight excluding hydrogens is 377 g/mol. The van der Waals surface area contributed by atoms with E-state index in [0.717, 1.165) is 19.4 Å². The molecule has 1 saturated heterocycles. The Morgan fingerprint density at radius 2 is 1.95 bits per heavy atom. The molecule has 0 radical (unpaired) electrons. The monoisotopic (exact) mass is 402 g/mol. The maximum absolute atomic E-state index is 12.1. The minimum absolute atomic E-state index is 0. The number of Topliss-reactive ketones (excluding diaryl/α,β-unsaturated/α-hetero) is 1. The molecule has 0 aromatic carbocycles. The molecule has 0 saturated carbocycles. The molecular formula is C16H26NO2PdS-. The molecule has 0 bridgehead atoms. The molecule has 0 N–H and O–H groups in total. The largest absolute Gasteiger partial charge is 0.653 e. The van der Waals surface area contributed by atoms with Crippen molar-refractivity contribution in [1.82, 2.24) is 0 Å². The van der Waals surface area contributed by atoms with Gasteiger partial charge in [0.2, 0.25) is 0 Å². The van der Waals surface area contributed by atoms with E-state index in [2.05, 4.69) is 5.32 Å². The number of hydrogen-bond acceptors (Lipinski definition) is 2. The molecule has 0 aliphatic carbocycles. The van der Waals surface area contributed by atoms with E-state index in [1.54, 1.807) is 12.2 Å². The van der Waals surface area contributed by atoms with E-state index in [4.69, 9.17) is 0 Å². The second-order valence-corrected chi connectivity index (χ2v) is 5.57. The van der Waals surface area contributed by atoms with Crippen LogP contribution < -0.4 is 0 Å². The standard InChI is InChI=1S/C14H20NO2S.C2H6.Pd/c1-3-5-8-12(7-4-2)18(17)11-14(16)13-9-6-10-15-13;1-2;/h3-5,7-8,13H,6,9-11H2,1-2H3;1-2H3;/q-1;;/b5-3-,7-4-,12-8+;;. The number of ketones is 1. The van der Waals surface area contributed by atoms with Crippen LogP contribution in [-0.4, -0.2) is 28.3 Å². The number of hydrogen-bond donors (Lipinski definition) is 0. The van der Waals surface area contributed by atoms with E-state index in [0.29, 0.717) is 4.91 Å². The molecule has 1 rings (SSSR count). The molecule has 1 aliphatic rings. The van der Waals surface area contributed by atoms with E-state index in [1.807, 2.05) is 45.9 Å². The Labute approximate surface area is 145 Å². The van der Waals surface area contributed by atoms with Crippen molar-refractivity contribution in [1.29, 1.82) is 0 Å². The predicted molar refractivity (Wildman–Crippen MR) is 88.3 cm³/mol. The van der Waals surface area contributed by atoms with Crippen LogP contribution >= 0.6 is 0 Å². The molecule has 124 valence electrons. The average Bonchev–Trinajstić information content (AvgIpc) is 2.99. The molecule has 5 heteroatoms. The van der Waals surface area contributed by atoms with Crippen LogP contribution in [0.2, 0.25) is 0 Å². The summed E-state index contributed by atoms with van der Waals surface area (Å²) in [6, 6.07) is -0.220. The summed E-state index contributed by atoms with van der Waals surface area (Å²) >= 11 is 0. The number of carbonyl (C=O) groups excluding carboxylic acids is 1. The van der Waals surface area contributed by atoms with Gasteiger partial charge in [-0.2, -0.15) is 0 Å². The summed E-state index contributed by atoms with van der Waals surface area (Å²) < 4.78 is 12.1. The number of allylic oxidation sites excluding steroid dienone is 5. The normalized spacial score (nSPS) is 20.0. The van der Waals surface area contributed by atoms with Crippen LogP contribution in [0.1, 0.15) is 40.5 Å². The number of nitrogens with zero attached hydrogens (tertiary/aromatic N) is 1. The van der Waals surface area contributed by atoms with Crippen molar-refractivity contribution in [3.63, 3.8) is 0 Å². The van der Waals surface area contributed by atoms with Gasteiger partial charge in [0.25, 0.3) is 0 Å². The van der Waals surface area contributed by atoms with Gasteiger partial charge in [-0.25, -0.2) is 0 Å². The van der Waals surface area contributed by atoms with Crippen molar-refractivity contribution in [2.45, 2.75) is 46.6 Å². The predicted octanol–water partition coefficient (Wildman–Crippen LogP) is 3.90. The summed E-state index contributed by atoms with van der Waals surface area (Å²) in [6.07, 6.45) is 10.9. The van der Waals surface area contributed by atoms with Crippen LogP contribution in [0.5, 0.6) is 0 Å². The van der Waals surface area contributed by atoms with Gasteiger partial charge in [-0.1, -0.05) is 57.0 Å². The summed E-state index contributed by atoms with van der Waals surface area (Å²) in [6.45, 7) is 8.53. The third kappa shape index (κ3) is 9.31. The number of rotatable bonds is 6. The van der Waals surface area contributed by atoms with Crippen LogP contribution in [0.3, 0.4) is 0 Å². The molecule has 3 nitrogen and oxygen atoms in total. The molecule has 2 unspecified atom stereocenters. The Hall–Kier alpha value is -0.338. The Morgan fingerprint density at radius 1 is 1.29 bits per heavy atom. The first-order valence-corrected chi connectivity index (χ1v) is 8.54. The maximum Gasteiger partial charge on any atom is 0.128 e. The Kier molecular flexibility index (Phi) is 15.9. The smallest absolute Gasteiger partial charge is 0.128 e. The zero-order chi connectivity index (χ0) is 15.4. The topological polar surface area (TPSA) is 48.2 Å². The molecule has 0 spiro atoms. The zero-order valence-corrected chi connectivity index (χ0v) is 15.7. The first-order valence-electron chi connectivity index (χ1n) is 7.22. The Bertz CT molecular complexity index is 397. The van der Waals surface area contributed by atoms with Gasteiger partial charge in [0, 0.05) is 25.3 Å². The minimum atomic E-state index is -1.27. The molecule has 1 aliphatic heterocycles. The summed E-state index contributed by atoms with van der Waals surface area (Å²) in [4.78, 5) is 12.6. The van der Waals surface area contributed by atoms with E-state index < -0.39 is 10.8 Å². The fourth-order valence-electron chi connectivity index (χ4n) is 1.76.